The Morgan fingerprint density at radius 2 is 2.11 bits per heavy atom. The first-order valence-corrected chi connectivity index (χ1v) is 5.73. The Bertz CT molecular complexity index is 674. The van der Waals surface area contributed by atoms with E-state index in [0.717, 1.165) is 6.07 Å². The molecule has 0 saturated carbocycles. The number of pyridine rings is 1. The van der Waals surface area contributed by atoms with Gasteiger partial charge in [0.15, 0.2) is 0 Å². The third-order valence-electron chi connectivity index (χ3n) is 2.59. The molecule has 0 bridgehead atoms. The predicted octanol–water partition coefficient (Wildman–Crippen LogP) is 2.65. The number of carbonyl (C=O) groups excluding carboxylic acids is 1. The molecule has 1 heterocycles. The lowest BCUT2D eigenvalue weighted by atomic mass is 10.0. The maximum Gasteiger partial charge on any atom is 0.250 e. The predicted molar refractivity (Wildman–Crippen MR) is 69.6 cm³/mol. The first-order valence-electron chi connectivity index (χ1n) is 5.36. The van der Waals surface area contributed by atoms with Gasteiger partial charge < -0.3 is 10.8 Å². The van der Waals surface area contributed by atoms with Crippen molar-refractivity contribution in [3.8, 4) is 17.0 Å². The number of aromatic hydroxyl groups is 1. The molecule has 0 saturated heterocycles. The number of nitrogens with zero attached hydrogens (tertiary/aromatic N) is 1. The van der Waals surface area contributed by atoms with Crippen molar-refractivity contribution in [2.45, 2.75) is 6.92 Å². The van der Waals surface area contributed by atoms with Crippen LogP contribution in [0.25, 0.3) is 11.3 Å². The Morgan fingerprint density at radius 1 is 1.42 bits per heavy atom. The van der Waals surface area contributed by atoms with Gasteiger partial charge in [0.1, 0.15) is 11.6 Å². The molecule has 6 heteroatoms. The molecule has 0 aliphatic carbocycles. The van der Waals surface area contributed by atoms with E-state index in [-0.39, 0.29) is 27.6 Å². The summed E-state index contributed by atoms with van der Waals surface area (Å²) in [6.07, 6.45) is 0. The Hall–Kier alpha value is -2.14. The normalized spacial score (nSPS) is 10.5. The Labute approximate surface area is 113 Å². The number of hydrogen-bond acceptors (Lipinski definition) is 3. The summed E-state index contributed by atoms with van der Waals surface area (Å²) in [5, 5.41) is 9.29. The maximum atomic E-state index is 13.9. The summed E-state index contributed by atoms with van der Waals surface area (Å²) in [5.74, 6) is -1.83. The molecule has 1 aromatic carbocycles. The van der Waals surface area contributed by atoms with Crippen LogP contribution in [0.3, 0.4) is 0 Å². The van der Waals surface area contributed by atoms with Gasteiger partial charge >= 0.3 is 0 Å². The Kier molecular flexibility index (Phi) is 3.40. The minimum absolute atomic E-state index is 0.0142. The minimum Gasteiger partial charge on any atom is -0.506 e. The third kappa shape index (κ3) is 2.51. The van der Waals surface area contributed by atoms with E-state index in [4.69, 9.17) is 17.3 Å². The Morgan fingerprint density at radius 3 is 2.74 bits per heavy atom. The molecule has 98 valence electrons. The lowest BCUT2D eigenvalue weighted by molar-refractivity contribution is 0.100. The summed E-state index contributed by atoms with van der Waals surface area (Å²) in [7, 11) is 0. The monoisotopic (exact) mass is 280 g/mol. The highest BCUT2D eigenvalue weighted by atomic mass is 35.5. The summed E-state index contributed by atoms with van der Waals surface area (Å²) in [5.41, 5.74) is 6.04. The zero-order valence-corrected chi connectivity index (χ0v) is 10.7. The number of primary amides is 1. The van der Waals surface area contributed by atoms with Gasteiger partial charge in [0.2, 0.25) is 0 Å². The van der Waals surface area contributed by atoms with Crippen LogP contribution in [0.1, 0.15) is 16.1 Å². The number of rotatable bonds is 2. The van der Waals surface area contributed by atoms with Crippen molar-refractivity contribution in [1.82, 2.24) is 4.98 Å². The molecule has 0 unspecified atom stereocenters. The number of hydrogen-bond donors (Lipinski definition) is 2. The molecule has 0 fully saturated rings. The number of phenols is 1. The van der Waals surface area contributed by atoms with Gasteiger partial charge in [-0.25, -0.2) is 4.39 Å². The highest BCUT2D eigenvalue weighted by Gasteiger charge is 2.17. The van der Waals surface area contributed by atoms with Crippen molar-refractivity contribution >= 4 is 17.5 Å². The average molecular weight is 281 g/mol. The number of phenolic OH excluding ortho intramolecular Hbond substituents is 1. The van der Waals surface area contributed by atoms with E-state index in [0.29, 0.717) is 5.69 Å². The third-order valence-corrected chi connectivity index (χ3v) is 2.89. The SMILES string of the molecule is Cc1ccc(C(N)=O)c(-c2cc(Cl)c(O)cc2F)n1. The van der Waals surface area contributed by atoms with Gasteiger partial charge in [-0.15, -0.1) is 0 Å². The van der Waals surface area contributed by atoms with Crippen LogP contribution in [0.2, 0.25) is 5.02 Å². The molecular formula is C13H10ClFN2O2. The molecule has 2 rings (SSSR count). The molecule has 4 nitrogen and oxygen atoms in total. The molecule has 0 aliphatic heterocycles. The lowest BCUT2D eigenvalue weighted by Gasteiger charge is -2.09. The van der Waals surface area contributed by atoms with Crippen molar-refractivity contribution in [3.63, 3.8) is 0 Å². The minimum atomic E-state index is -0.734. The maximum absolute atomic E-state index is 13.9. The topological polar surface area (TPSA) is 76.2 Å². The van der Waals surface area contributed by atoms with Gasteiger partial charge in [-0.2, -0.15) is 0 Å². The number of carbonyl (C=O) groups is 1. The fourth-order valence-corrected chi connectivity index (χ4v) is 1.84. The lowest BCUT2D eigenvalue weighted by Crippen LogP contribution is -2.13. The number of amides is 1. The van der Waals surface area contributed by atoms with Crippen LogP contribution < -0.4 is 5.73 Å². The van der Waals surface area contributed by atoms with E-state index in [9.17, 15) is 14.3 Å². The van der Waals surface area contributed by atoms with E-state index >= 15 is 0 Å². The second-order valence-corrected chi connectivity index (χ2v) is 4.40. The van der Waals surface area contributed by atoms with Crippen LogP contribution in [0, 0.1) is 12.7 Å². The molecular weight excluding hydrogens is 271 g/mol. The standard InChI is InChI=1S/C13H10ClFN2O2/c1-6-2-3-7(13(16)19)12(17-6)8-4-9(14)11(18)5-10(8)15/h2-5,18H,1H3,(H2,16,19). The highest BCUT2D eigenvalue weighted by Crippen LogP contribution is 2.32. The van der Waals surface area contributed by atoms with Gasteiger partial charge in [0.25, 0.3) is 5.91 Å². The van der Waals surface area contributed by atoms with Crippen molar-refractivity contribution in [2.24, 2.45) is 5.73 Å². The molecule has 1 amide bonds. The van der Waals surface area contributed by atoms with Crippen molar-refractivity contribution < 1.29 is 14.3 Å². The number of benzene rings is 1. The van der Waals surface area contributed by atoms with Gasteiger partial charge in [-0.1, -0.05) is 11.6 Å². The van der Waals surface area contributed by atoms with Crippen LogP contribution in [0.15, 0.2) is 24.3 Å². The zero-order valence-electron chi connectivity index (χ0n) is 9.95. The summed E-state index contributed by atoms with van der Waals surface area (Å²) in [6, 6.07) is 5.15. The van der Waals surface area contributed by atoms with Crippen molar-refractivity contribution in [2.75, 3.05) is 0 Å². The smallest absolute Gasteiger partial charge is 0.250 e. The summed E-state index contributed by atoms with van der Waals surface area (Å²) in [4.78, 5) is 15.5. The first kappa shape index (κ1) is 13.3. The largest absolute Gasteiger partial charge is 0.506 e. The van der Waals surface area contributed by atoms with Crippen molar-refractivity contribution in [3.05, 3.63) is 46.4 Å². The van der Waals surface area contributed by atoms with Crippen LogP contribution in [-0.4, -0.2) is 16.0 Å². The molecule has 19 heavy (non-hydrogen) atoms. The number of aromatic nitrogens is 1. The zero-order chi connectivity index (χ0) is 14.2. The second kappa shape index (κ2) is 4.85. The van der Waals surface area contributed by atoms with Gasteiger partial charge in [0, 0.05) is 17.3 Å². The quantitative estimate of drug-likeness (QED) is 0.888. The number of nitrogens with two attached hydrogens (primary N) is 1. The molecule has 2 aromatic rings. The molecule has 1 aromatic heterocycles. The van der Waals surface area contributed by atoms with Crippen LogP contribution >= 0.6 is 11.6 Å². The van der Waals surface area contributed by atoms with E-state index < -0.39 is 11.7 Å². The van der Waals surface area contributed by atoms with E-state index in [2.05, 4.69) is 4.98 Å². The Balaban J connectivity index is 2.74. The van der Waals surface area contributed by atoms with Gasteiger partial charge in [-0.05, 0) is 25.1 Å². The van der Waals surface area contributed by atoms with Crippen LogP contribution in [0.4, 0.5) is 4.39 Å². The first-order chi connectivity index (χ1) is 8.90. The fourth-order valence-electron chi connectivity index (χ4n) is 1.68. The van der Waals surface area contributed by atoms with E-state index in [1.807, 2.05) is 0 Å². The van der Waals surface area contributed by atoms with Gasteiger partial charge in [-0.3, -0.25) is 9.78 Å². The van der Waals surface area contributed by atoms with Crippen LogP contribution in [-0.2, 0) is 0 Å². The highest BCUT2D eigenvalue weighted by molar-refractivity contribution is 6.32. The van der Waals surface area contributed by atoms with Crippen molar-refractivity contribution in [1.29, 1.82) is 0 Å². The molecule has 0 spiro atoms. The van der Waals surface area contributed by atoms with Gasteiger partial charge in [0.05, 0.1) is 16.3 Å². The number of aryl methyl sites for hydroxylation is 1. The summed E-state index contributed by atoms with van der Waals surface area (Å²) < 4.78 is 13.9. The van der Waals surface area contributed by atoms with E-state index in [1.165, 1.54) is 12.1 Å². The average Bonchev–Trinajstić information content (AvgIpc) is 2.33. The summed E-state index contributed by atoms with van der Waals surface area (Å²) >= 11 is 5.75. The van der Waals surface area contributed by atoms with E-state index in [1.54, 1.807) is 13.0 Å². The fraction of sp³-hybridized carbons (Fsp3) is 0.0769. The molecule has 0 aliphatic rings. The molecule has 0 atom stereocenters. The summed E-state index contributed by atoms with van der Waals surface area (Å²) in [6.45, 7) is 1.70. The molecule has 3 N–H and O–H groups in total. The molecule has 0 radical (unpaired) electrons. The number of halogens is 2. The second-order valence-electron chi connectivity index (χ2n) is 4.00. The van der Waals surface area contributed by atoms with Crippen LogP contribution in [0.5, 0.6) is 5.75 Å².